The molecule has 2 atom stereocenters. The van der Waals surface area contributed by atoms with Crippen molar-refractivity contribution in [2.45, 2.75) is 24.9 Å². The highest BCUT2D eigenvalue weighted by Gasteiger charge is 2.45. The van der Waals surface area contributed by atoms with Crippen LogP contribution in [0.25, 0.3) is 0 Å². The van der Waals surface area contributed by atoms with Gasteiger partial charge in [0, 0.05) is 5.69 Å². The van der Waals surface area contributed by atoms with Crippen molar-refractivity contribution in [3.8, 4) is 0 Å². The predicted molar refractivity (Wildman–Crippen MR) is 56.8 cm³/mol. The topological polar surface area (TPSA) is 41.6 Å². The lowest BCUT2D eigenvalue weighted by molar-refractivity contribution is -0.117. The zero-order valence-electron chi connectivity index (χ0n) is 8.62. The number of hydrogen-bond acceptors (Lipinski definition) is 2. The van der Waals surface area contributed by atoms with Gasteiger partial charge in [0.2, 0.25) is 5.91 Å². The quantitative estimate of drug-likeness (QED) is 0.746. The molecule has 1 aromatic rings. The van der Waals surface area contributed by atoms with Gasteiger partial charge in [-0.1, -0.05) is 18.2 Å². The fourth-order valence-electron chi connectivity index (χ4n) is 2.15. The van der Waals surface area contributed by atoms with E-state index in [4.69, 9.17) is 4.74 Å². The van der Waals surface area contributed by atoms with Crippen molar-refractivity contribution in [2.24, 2.45) is 0 Å². The minimum Gasteiger partial charge on any atom is -0.370 e. The smallest absolute Gasteiger partial charge is 0.232 e. The molecule has 1 N–H and O–H groups in total. The van der Waals surface area contributed by atoms with Crippen molar-refractivity contribution in [3.05, 3.63) is 29.8 Å². The summed E-state index contributed by atoms with van der Waals surface area (Å²) in [5, 5.41) is 2.90. The maximum absolute atomic E-state index is 11.8. The summed E-state index contributed by atoms with van der Waals surface area (Å²) in [5.41, 5.74) is 2.00. The second-order valence-electron chi connectivity index (χ2n) is 4.57. The molecule has 2 aliphatic rings. The van der Waals surface area contributed by atoms with Crippen molar-refractivity contribution in [2.75, 3.05) is 11.9 Å². The molecule has 0 spiro atoms. The molecule has 2 unspecified atom stereocenters. The Balaban J connectivity index is 1.92. The van der Waals surface area contributed by atoms with Crippen LogP contribution in [0.1, 0.15) is 24.8 Å². The van der Waals surface area contributed by atoms with E-state index in [1.165, 1.54) is 0 Å². The summed E-state index contributed by atoms with van der Waals surface area (Å²) in [5.74, 6) is 0.0709. The van der Waals surface area contributed by atoms with Crippen LogP contribution in [0, 0.1) is 0 Å². The fraction of sp³-hybridized carbons (Fsp3) is 0.417. The van der Waals surface area contributed by atoms with Gasteiger partial charge in [-0.25, -0.2) is 0 Å². The first kappa shape index (κ1) is 8.92. The third kappa shape index (κ3) is 1.43. The highest BCUT2D eigenvalue weighted by atomic mass is 16.6. The minimum atomic E-state index is -0.0700. The van der Waals surface area contributed by atoms with Crippen LogP contribution >= 0.6 is 0 Å². The first-order chi connectivity index (χ1) is 7.18. The van der Waals surface area contributed by atoms with Crippen LogP contribution in [0.5, 0.6) is 0 Å². The maximum atomic E-state index is 11.8. The number of benzene rings is 1. The monoisotopic (exact) mass is 203 g/mol. The molecule has 3 rings (SSSR count). The van der Waals surface area contributed by atoms with Crippen LogP contribution in [-0.4, -0.2) is 18.1 Å². The lowest BCUT2D eigenvalue weighted by Crippen LogP contribution is -2.18. The number of amides is 1. The van der Waals surface area contributed by atoms with Gasteiger partial charge in [0.25, 0.3) is 0 Å². The zero-order valence-corrected chi connectivity index (χ0v) is 8.62. The number of epoxide rings is 1. The molecule has 3 heteroatoms. The van der Waals surface area contributed by atoms with Gasteiger partial charge in [-0.05, 0) is 25.0 Å². The van der Waals surface area contributed by atoms with Crippen LogP contribution in [0.3, 0.4) is 0 Å². The molecule has 1 saturated heterocycles. The molecule has 1 fully saturated rings. The highest BCUT2D eigenvalue weighted by Crippen LogP contribution is 2.42. The minimum absolute atomic E-state index is 0.0336. The normalized spacial score (nSPS) is 32.3. The largest absolute Gasteiger partial charge is 0.370 e. The Labute approximate surface area is 88.4 Å². The Kier molecular flexibility index (Phi) is 1.68. The van der Waals surface area contributed by atoms with Crippen LogP contribution in [0.4, 0.5) is 5.69 Å². The lowest BCUT2D eigenvalue weighted by atomic mass is 9.91. The summed E-state index contributed by atoms with van der Waals surface area (Å²) in [6.07, 6.45) is 0.788. The van der Waals surface area contributed by atoms with Gasteiger partial charge in [0.1, 0.15) is 0 Å². The standard InChI is InChI=1S/C12H13NO2/c1-12(7-15-12)6-9-8-4-2-3-5-10(8)13-11(9)14/h2-5,9H,6-7H2,1H3,(H,13,14). The van der Waals surface area contributed by atoms with Crippen LogP contribution in [0.15, 0.2) is 24.3 Å². The van der Waals surface area contributed by atoms with E-state index in [1.54, 1.807) is 0 Å². The van der Waals surface area contributed by atoms with E-state index in [1.807, 2.05) is 24.3 Å². The molecule has 0 aliphatic carbocycles. The molecule has 2 aliphatic heterocycles. The summed E-state index contributed by atoms with van der Waals surface area (Å²) in [6.45, 7) is 2.83. The van der Waals surface area contributed by atoms with Crippen molar-refractivity contribution >= 4 is 11.6 Å². The predicted octanol–water partition coefficient (Wildman–Crippen LogP) is 1.90. The zero-order chi connectivity index (χ0) is 10.5. The molecule has 0 aromatic heterocycles. The maximum Gasteiger partial charge on any atom is 0.232 e. The summed E-state index contributed by atoms with van der Waals surface area (Å²) in [4.78, 5) is 11.8. The fourth-order valence-corrected chi connectivity index (χ4v) is 2.15. The van der Waals surface area contributed by atoms with Gasteiger partial charge in [0.15, 0.2) is 0 Å². The van der Waals surface area contributed by atoms with Crippen molar-refractivity contribution in [3.63, 3.8) is 0 Å². The Bertz CT molecular complexity index is 423. The summed E-state index contributed by atoms with van der Waals surface area (Å²) in [6, 6.07) is 7.88. The third-order valence-corrected chi connectivity index (χ3v) is 3.18. The van der Waals surface area contributed by atoms with Crippen molar-refractivity contribution < 1.29 is 9.53 Å². The Morgan fingerprint density at radius 2 is 2.27 bits per heavy atom. The van der Waals surface area contributed by atoms with E-state index < -0.39 is 0 Å². The molecular formula is C12H13NO2. The van der Waals surface area contributed by atoms with Gasteiger partial charge in [0.05, 0.1) is 18.1 Å². The van der Waals surface area contributed by atoms with Crippen LogP contribution in [-0.2, 0) is 9.53 Å². The number of rotatable bonds is 2. The number of carbonyl (C=O) groups excluding carboxylic acids is 1. The van der Waals surface area contributed by atoms with E-state index in [0.29, 0.717) is 0 Å². The number of para-hydroxylation sites is 1. The van der Waals surface area contributed by atoms with Gasteiger partial charge in [-0.3, -0.25) is 4.79 Å². The second-order valence-corrected chi connectivity index (χ2v) is 4.57. The number of anilines is 1. The summed E-state index contributed by atoms with van der Waals surface area (Å²) in [7, 11) is 0. The van der Waals surface area contributed by atoms with E-state index in [-0.39, 0.29) is 17.4 Å². The SMILES string of the molecule is CC1(CC2C(=O)Nc3ccccc32)CO1. The molecular weight excluding hydrogens is 190 g/mol. The van der Waals surface area contributed by atoms with Gasteiger partial charge >= 0.3 is 0 Å². The summed E-state index contributed by atoms with van der Waals surface area (Å²) >= 11 is 0. The first-order valence-corrected chi connectivity index (χ1v) is 5.22. The molecule has 1 amide bonds. The second kappa shape index (κ2) is 2.83. The van der Waals surface area contributed by atoms with Crippen molar-refractivity contribution in [1.82, 2.24) is 0 Å². The Morgan fingerprint density at radius 1 is 1.53 bits per heavy atom. The third-order valence-electron chi connectivity index (χ3n) is 3.18. The molecule has 3 nitrogen and oxygen atoms in total. The highest BCUT2D eigenvalue weighted by molar-refractivity contribution is 6.02. The number of fused-ring (bicyclic) bond motifs is 1. The van der Waals surface area contributed by atoms with Crippen LogP contribution in [0.2, 0.25) is 0 Å². The number of ether oxygens (including phenoxy) is 1. The molecule has 0 radical (unpaired) electrons. The Hall–Kier alpha value is -1.35. The Morgan fingerprint density at radius 3 is 3.00 bits per heavy atom. The number of carbonyl (C=O) groups is 1. The first-order valence-electron chi connectivity index (χ1n) is 5.22. The average molecular weight is 203 g/mol. The lowest BCUT2D eigenvalue weighted by Gasteiger charge is -2.11. The van der Waals surface area contributed by atoms with E-state index in [0.717, 1.165) is 24.3 Å². The van der Waals surface area contributed by atoms with Gasteiger partial charge in [-0.15, -0.1) is 0 Å². The molecule has 15 heavy (non-hydrogen) atoms. The number of nitrogens with one attached hydrogen (secondary N) is 1. The summed E-state index contributed by atoms with van der Waals surface area (Å²) < 4.78 is 5.34. The van der Waals surface area contributed by atoms with Gasteiger partial charge < -0.3 is 10.1 Å². The molecule has 0 bridgehead atoms. The van der Waals surface area contributed by atoms with E-state index in [9.17, 15) is 4.79 Å². The molecule has 2 heterocycles. The van der Waals surface area contributed by atoms with Crippen molar-refractivity contribution in [1.29, 1.82) is 0 Å². The number of hydrogen-bond donors (Lipinski definition) is 1. The molecule has 0 saturated carbocycles. The van der Waals surface area contributed by atoms with E-state index >= 15 is 0 Å². The van der Waals surface area contributed by atoms with Crippen LogP contribution < -0.4 is 5.32 Å². The molecule has 1 aromatic carbocycles. The average Bonchev–Trinajstić information content (AvgIpc) is 2.86. The van der Waals surface area contributed by atoms with Gasteiger partial charge in [-0.2, -0.15) is 0 Å². The van der Waals surface area contributed by atoms with E-state index in [2.05, 4.69) is 12.2 Å². The molecule has 78 valence electrons.